The third-order valence-electron chi connectivity index (χ3n) is 2.93. The highest BCUT2D eigenvalue weighted by atomic mass is 35.5. The van der Waals surface area contributed by atoms with Gasteiger partial charge in [-0.3, -0.25) is 4.79 Å². The van der Waals surface area contributed by atoms with Crippen molar-refractivity contribution in [3.8, 4) is 0 Å². The molecule has 100 valence electrons. The molecule has 0 radical (unpaired) electrons. The highest BCUT2D eigenvalue weighted by Crippen LogP contribution is 2.20. The number of hydrogen-bond acceptors (Lipinski definition) is 1. The first kappa shape index (κ1) is 15.0. The molecule has 1 amide bonds. The predicted octanol–water partition coefficient (Wildman–Crippen LogP) is 3.52. The second kappa shape index (κ2) is 6.19. The fourth-order valence-corrected chi connectivity index (χ4v) is 2.15. The summed E-state index contributed by atoms with van der Waals surface area (Å²) in [5, 5.41) is 2.86. The van der Waals surface area contributed by atoms with Crippen molar-refractivity contribution in [3.05, 3.63) is 35.1 Å². The Hall–Kier alpha value is -1.09. The van der Waals surface area contributed by atoms with Crippen LogP contribution in [0.25, 0.3) is 0 Å². The summed E-state index contributed by atoms with van der Waals surface area (Å²) in [5.74, 6) is 0.0694. The summed E-state index contributed by atoms with van der Waals surface area (Å²) in [7, 11) is 0. The lowest BCUT2D eigenvalue weighted by atomic mass is 9.90. The summed E-state index contributed by atoms with van der Waals surface area (Å²) in [6, 6.07) is 4.17. The van der Waals surface area contributed by atoms with E-state index in [1.807, 2.05) is 13.8 Å². The van der Waals surface area contributed by atoms with Crippen molar-refractivity contribution >= 4 is 17.5 Å². The number of halogens is 2. The van der Waals surface area contributed by atoms with Crippen LogP contribution in [0, 0.1) is 18.2 Å². The predicted molar refractivity (Wildman–Crippen MR) is 72.6 cm³/mol. The molecule has 0 spiro atoms. The van der Waals surface area contributed by atoms with Crippen molar-refractivity contribution in [2.24, 2.45) is 5.41 Å². The van der Waals surface area contributed by atoms with Crippen molar-refractivity contribution in [1.29, 1.82) is 0 Å². The van der Waals surface area contributed by atoms with Crippen LogP contribution in [0.15, 0.2) is 18.2 Å². The van der Waals surface area contributed by atoms with E-state index in [0.29, 0.717) is 23.6 Å². The minimum Gasteiger partial charge on any atom is -0.351 e. The average molecular weight is 272 g/mol. The number of carbonyl (C=O) groups excluding carboxylic acids is 1. The van der Waals surface area contributed by atoms with Gasteiger partial charge in [-0.25, -0.2) is 4.39 Å². The van der Waals surface area contributed by atoms with Crippen LogP contribution < -0.4 is 5.32 Å². The van der Waals surface area contributed by atoms with Gasteiger partial charge in [-0.2, -0.15) is 0 Å². The van der Waals surface area contributed by atoms with Crippen molar-refractivity contribution in [3.63, 3.8) is 0 Å². The molecule has 0 heterocycles. The van der Waals surface area contributed by atoms with Gasteiger partial charge in [-0.05, 0) is 42.5 Å². The molecule has 1 N–H and O–H groups in total. The van der Waals surface area contributed by atoms with Crippen LogP contribution in [0.4, 0.5) is 4.39 Å². The molecule has 0 saturated carbocycles. The maximum absolute atomic E-state index is 12.9. The van der Waals surface area contributed by atoms with Crippen LogP contribution in [0.3, 0.4) is 0 Å². The molecule has 0 saturated heterocycles. The summed E-state index contributed by atoms with van der Waals surface area (Å²) in [4.78, 5) is 12.0. The zero-order valence-corrected chi connectivity index (χ0v) is 11.8. The average Bonchev–Trinajstić information content (AvgIpc) is 2.26. The normalized spacial score (nSPS) is 11.4. The summed E-state index contributed by atoms with van der Waals surface area (Å²) in [6.07, 6.45) is 0.831. The maximum Gasteiger partial charge on any atom is 0.251 e. The van der Waals surface area contributed by atoms with Crippen LogP contribution in [-0.2, 0) is 0 Å². The van der Waals surface area contributed by atoms with Gasteiger partial charge < -0.3 is 5.32 Å². The Labute approximate surface area is 113 Å². The van der Waals surface area contributed by atoms with E-state index in [1.54, 1.807) is 6.92 Å². The number of nitrogens with one attached hydrogen (secondary N) is 1. The molecule has 2 nitrogen and oxygen atoms in total. The lowest BCUT2D eigenvalue weighted by Crippen LogP contribution is -2.34. The van der Waals surface area contributed by atoms with E-state index in [0.717, 1.165) is 6.42 Å². The SMILES string of the molecule is Cc1cc(F)ccc1C(=O)NCC(C)(C)CCCl. The fraction of sp³-hybridized carbons (Fsp3) is 0.500. The first-order valence-corrected chi connectivity index (χ1v) is 6.49. The number of hydrogen-bond donors (Lipinski definition) is 1. The smallest absolute Gasteiger partial charge is 0.251 e. The summed E-state index contributed by atoms with van der Waals surface area (Å²) in [5.41, 5.74) is 1.12. The Balaban J connectivity index is 2.66. The zero-order chi connectivity index (χ0) is 13.8. The Kier molecular flexibility index (Phi) is 5.15. The van der Waals surface area contributed by atoms with E-state index in [2.05, 4.69) is 5.32 Å². The van der Waals surface area contributed by atoms with Gasteiger partial charge in [0.05, 0.1) is 0 Å². The molecule has 1 rings (SSSR count). The summed E-state index contributed by atoms with van der Waals surface area (Å²) in [6.45, 7) is 6.37. The molecule has 0 aliphatic carbocycles. The fourth-order valence-electron chi connectivity index (χ4n) is 1.64. The molecule has 0 atom stereocenters. The molecule has 0 fully saturated rings. The summed E-state index contributed by atoms with van der Waals surface area (Å²) < 4.78 is 12.9. The number of rotatable bonds is 5. The molecular weight excluding hydrogens is 253 g/mol. The number of benzene rings is 1. The van der Waals surface area contributed by atoms with Gasteiger partial charge in [0.2, 0.25) is 0 Å². The topological polar surface area (TPSA) is 29.1 Å². The van der Waals surface area contributed by atoms with Crippen molar-refractivity contribution in [2.75, 3.05) is 12.4 Å². The maximum atomic E-state index is 12.9. The molecule has 0 bridgehead atoms. The standard InChI is InChI=1S/C14H19ClFNO/c1-10-8-11(16)4-5-12(10)13(18)17-9-14(2,3)6-7-15/h4-5,8H,6-7,9H2,1-3H3,(H,17,18). The molecular formula is C14H19ClFNO. The van der Waals surface area contributed by atoms with E-state index in [-0.39, 0.29) is 17.1 Å². The van der Waals surface area contributed by atoms with Crippen molar-refractivity contribution < 1.29 is 9.18 Å². The monoisotopic (exact) mass is 271 g/mol. The molecule has 0 aliphatic rings. The van der Waals surface area contributed by atoms with Crippen LogP contribution in [0.1, 0.15) is 36.2 Å². The van der Waals surface area contributed by atoms with Gasteiger partial charge in [0.25, 0.3) is 5.91 Å². The molecule has 0 aromatic heterocycles. The summed E-state index contributed by atoms with van der Waals surface area (Å²) >= 11 is 5.71. The van der Waals surface area contributed by atoms with Gasteiger partial charge in [-0.1, -0.05) is 13.8 Å². The highest BCUT2D eigenvalue weighted by Gasteiger charge is 2.19. The second-order valence-electron chi connectivity index (χ2n) is 5.25. The molecule has 1 aromatic rings. The van der Waals surface area contributed by atoms with E-state index in [9.17, 15) is 9.18 Å². The van der Waals surface area contributed by atoms with Gasteiger partial charge >= 0.3 is 0 Å². The molecule has 18 heavy (non-hydrogen) atoms. The Morgan fingerprint density at radius 3 is 2.67 bits per heavy atom. The minimum absolute atomic E-state index is 0.0364. The highest BCUT2D eigenvalue weighted by molar-refractivity contribution is 6.17. The Morgan fingerprint density at radius 1 is 1.44 bits per heavy atom. The van der Waals surface area contributed by atoms with Crippen molar-refractivity contribution in [1.82, 2.24) is 5.32 Å². The van der Waals surface area contributed by atoms with Gasteiger partial charge in [-0.15, -0.1) is 11.6 Å². The zero-order valence-electron chi connectivity index (χ0n) is 11.0. The van der Waals surface area contributed by atoms with Gasteiger partial charge in [0.1, 0.15) is 5.82 Å². The quantitative estimate of drug-likeness (QED) is 0.816. The van der Waals surface area contributed by atoms with E-state index in [4.69, 9.17) is 11.6 Å². The number of amides is 1. The number of aryl methyl sites for hydroxylation is 1. The largest absolute Gasteiger partial charge is 0.351 e. The Bertz CT molecular complexity index is 432. The molecule has 0 aliphatic heterocycles. The van der Waals surface area contributed by atoms with Gasteiger partial charge in [0, 0.05) is 18.0 Å². The number of carbonyl (C=O) groups is 1. The molecule has 4 heteroatoms. The lowest BCUT2D eigenvalue weighted by molar-refractivity contribution is 0.0935. The lowest BCUT2D eigenvalue weighted by Gasteiger charge is -2.24. The number of alkyl halides is 1. The van der Waals surface area contributed by atoms with E-state index < -0.39 is 0 Å². The van der Waals surface area contributed by atoms with E-state index >= 15 is 0 Å². The van der Waals surface area contributed by atoms with Crippen molar-refractivity contribution in [2.45, 2.75) is 27.2 Å². The van der Waals surface area contributed by atoms with Crippen LogP contribution in [0.2, 0.25) is 0 Å². The second-order valence-corrected chi connectivity index (χ2v) is 5.62. The van der Waals surface area contributed by atoms with Crippen LogP contribution in [0.5, 0.6) is 0 Å². The first-order chi connectivity index (χ1) is 8.35. The van der Waals surface area contributed by atoms with Gasteiger partial charge in [0.15, 0.2) is 0 Å². The van der Waals surface area contributed by atoms with E-state index in [1.165, 1.54) is 18.2 Å². The Morgan fingerprint density at radius 2 is 2.11 bits per heavy atom. The third kappa shape index (κ3) is 4.30. The minimum atomic E-state index is -0.327. The third-order valence-corrected chi connectivity index (χ3v) is 3.12. The van der Waals surface area contributed by atoms with Crippen LogP contribution >= 0.6 is 11.6 Å². The van der Waals surface area contributed by atoms with Crippen LogP contribution in [-0.4, -0.2) is 18.3 Å². The molecule has 0 unspecified atom stereocenters. The molecule has 1 aromatic carbocycles. The first-order valence-electron chi connectivity index (χ1n) is 5.96.